The number of aryl methyl sites for hydroxylation is 1. The summed E-state index contributed by atoms with van der Waals surface area (Å²) in [7, 11) is 0. The van der Waals surface area contributed by atoms with Crippen LogP contribution in [0, 0.1) is 6.92 Å². The minimum atomic E-state index is -0.166. The van der Waals surface area contributed by atoms with Crippen LogP contribution in [0.3, 0.4) is 0 Å². The van der Waals surface area contributed by atoms with E-state index in [-0.39, 0.29) is 12.5 Å². The highest BCUT2D eigenvalue weighted by molar-refractivity contribution is 5.87. The number of hydrogen-bond donors (Lipinski definition) is 1. The molecule has 0 radical (unpaired) electrons. The molecule has 0 fully saturated rings. The van der Waals surface area contributed by atoms with Crippen LogP contribution in [-0.4, -0.2) is 26.1 Å². The summed E-state index contributed by atoms with van der Waals surface area (Å²) in [5.74, 6) is 0.419. The van der Waals surface area contributed by atoms with Crippen molar-refractivity contribution in [3.05, 3.63) is 47.8 Å². The van der Waals surface area contributed by atoms with Crippen molar-refractivity contribution < 1.29 is 4.79 Å². The quantitative estimate of drug-likeness (QED) is 0.834. The van der Waals surface area contributed by atoms with E-state index < -0.39 is 0 Å². The number of amides is 1. The van der Waals surface area contributed by atoms with E-state index in [1.165, 1.54) is 11.6 Å². The van der Waals surface area contributed by atoms with E-state index in [4.69, 9.17) is 0 Å². The Morgan fingerprint density at radius 1 is 1.37 bits per heavy atom. The largest absolute Gasteiger partial charge is 0.345 e. The number of rotatable bonds is 4. The predicted molar refractivity (Wildman–Crippen MR) is 70.6 cm³/mol. The number of tetrazole rings is 1. The molecule has 6 nitrogen and oxygen atoms in total. The SMILES string of the molecule is CC=CC(=O)NCc1nnnn1-c1ccc(C)cc1. The van der Waals surface area contributed by atoms with E-state index in [9.17, 15) is 4.79 Å². The van der Waals surface area contributed by atoms with Crippen molar-refractivity contribution in [1.82, 2.24) is 25.5 Å². The second-order valence-electron chi connectivity index (χ2n) is 4.06. The third-order valence-corrected chi connectivity index (χ3v) is 2.55. The molecule has 1 amide bonds. The van der Waals surface area contributed by atoms with E-state index in [0.717, 1.165) is 5.69 Å². The summed E-state index contributed by atoms with van der Waals surface area (Å²) in [6.07, 6.45) is 3.14. The van der Waals surface area contributed by atoms with Gasteiger partial charge in [-0.05, 0) is 42.5 Å². The van der Waals surface area contributed by atoms with Crippen molar-refractivity contribution in [3.63, 3.8) is 0 Å². The first-order valence-electron chi connectivity index (χ1n) is 5.95. The maximum atomic E-state index is 11.4. The summed E-state index contributed by atoms with van der Waals surface area (Å²) in [5.41, 5.74) is 2.03. The number of nitrogens with zero attached hydrogens (tertiary/aromatic N) is 4. The molecule has 2 rings (SSSR count). The third-order valence-electron chi connectivity index (χ3n) is 2.55. The molecule has 0 bridgehead atoms. The van der Waals surface area contributed by atoms with Gasteiger partial charge in [0.1, 0.15) is 0 Å². The second kappa shape index (κ2) is 5.90. The Balaban J connectivity index is 2.13. The van der Waals surface area contributed by atoms with Crippen molar-refractivity contribution in [2.24, 2.45) is 0 Å². The first-order valence-corrected chi connectivity index (χ1v) is 5.95. The van der Waals surface area contributed by atoms with Gasteiger partial charge in [0.15, 0.2) is 5.82 Å². The van der Waals surface area contributed by atoms with Gasteiger partial charge in [-0.1, -0.05) is 23.8 Å². The van der Waals surface area contributed by atoms with E-state index >= 15 is 0 Å². The van der Waals surface area contributed by atoms with Gasteiger partial charge in [-0.3, -0.25) is 4.79 Å². The van der Waals surface area contributed by atoms with Crippen LogP contribution in [0.2, 0.25) is 0 Å². The van der Waals surface area contributed by atoms with Crippen molar-refractivity contribution in [1.29, 1.82) is 0 Å². The van der Waals surface area contributed by atoms with Gasteiger partial charge in [0.2, 0.25) is 5.91 Å². The molecular formula is C13H15N5O. The fraction of sp³-hybridized carbons (Fsp3) is 0.231. The third kappa shape index (κ3) is 3.25. The van der Waals surface area contributed by atoms with Crippen LogP contribution in [0.5, 0.6) is 0 Å². The molecule has 1 aromatic heterocycles. The fourth-order valence-corrected chi connectivity index (χ4v) is 1.58. The topological polar surface area (TPSA) is 72.7 Å². The average molecular weight is 257 g/mol. The highest BCUT2D eigenvalue weighted by Crippen LogP contribution is 2.09. The Labute approximate surface area is 111 Å². The van der Waals surface area contributed by atoms with Crippen LogP contribution >= 0.6 is 0 Å². The smallest absolute Gasteiger partial charge is 0.244 e. The minimum absolute atomic E-state index is 0.166. The Hall–Kier alpha value is -2.50. The molecular weight excluding hydrogens is 242 g/mol. The van der Waals surface area contributed by atoms with E-state index in [2.05, 4.69) is 20.8 Å². The molecule has 0 saturated carbocycles. The molecule has 0 saturated heterocycles. The molecule has 0 aliphatic heterocycles. The molecule has 0 spiro atoms. The normalized spacial score (nSPS) is 10.8. The monoisotopic (exact) mass is 257 g/mol. The van der Waals surface area contributed by atoms with Crippen LogP contribution < -0.4 is 5.32 Å². The summed E-state index contributed by atoms with van der Waals surface area (Å²) in [5, 5.41) is 14.2. The Morgan fingerprint density at radius 3 is 2.79 bits per heavy atom. The van der Waals surface area contributed by atoms with Gasteiger partial charge in [0, 0.05) is 0 Å². The standard InChI is InChI=1S/C13H15N5O/c1-3-4-13(19)14-9-12-15-16-17-18(12)11-7-5-10(2)6-8-11/h3-8H,9H2,1-2H3,(H,14,19). The molecule has 19 heavy (non-hydrogen) atoms. The maximum Gasteiger partial charge on any atom is 0.244 e. The molecule has 6 heteroatoms. The number of allylic oxidation sites excluding steroid dienone is 1. The lowest BCUT2D eigenvalue weighted by Gasteiger charge is -2.05. The van der Waals surface area contributed by atoms with Crippen LogP contribution in [-0.2, 0) is 11.3 Å². The molecule has 1 heterocycles. The van der Waals surface area contributed by atoms with Gasteiger partial charge in [-0.25, -0.2) is 0 Å². The number of carbonyl (C=O) groups is 1. The second-order valence-corrected chi connectivity index (χ2v) is 4.06. The Morgan fingerprint density at radius 2 is 2.11 bits per heavy atom. The lowest BCUT2D eigenvalue weighted by molar-refractivity contribution is -0.116. The maximum absolute atomic E-state index is 11.4. The molecule has 1 aromatic carbocycles. The number of nitrogens with one attached hydrogen (secondary N) is 1. The average Bonchev–Trinajstić information content (AvgIpc) is 2.86. The summed E-state index contributed by atoms with van der Waals surface area (Å²) in [4.78, 5) is 11.4. The van der Waals surface area contributed by atoms with Gasteiger partial charge in [0.05, 0.1) is 12.2 Å². The molecule has 0 aliphatic carbocycles. The van der Waals surface area contributed by atoms with Crippen molar-refractivity contribution in [2.75, 3.05) is 0 Å². The molecule has 1 N–H and O–H groups in total. The highest BCUT2D eigenvalue weighted by atomic mass is 16.1. The van der Waals surface area contributed by atoms with Gasteiger partial charge < -0.3 is 5.32 Å². The van der Waals surface area contributed by atoms with E-state index in [0.29, 0.717) is 5.82 Å². The molecule has 2 aromatic rings. The lowest BCUT2D eigenvalue weighted by atomic mass is 10.2. The zero-order valence-electron chi connectivity index (χ0n) is 10.9. The summed E-state index contributed by atoms with van der Waals surface area (Å²) in [6.45, 7) is 4.08. The van der Waals surface area contributed by atoms with Crippen LogP contribution in [0.15, 0.2) is 36.4 Å². The number of aromatic nitrogens is 4. The molecule has 0 atom stereocenters. The first kappa shape index (κ1) is 12.9. The highest BCUT2D eigenvalue weighted by Gasteiger charge is 2.08. The predicted octanol–water partition coefficient (Wildman–Crippen LogP) is 1.16. The van der Waals surface area contributed by atoms with E-state index in [1.54, 1.807) is 17.7 Å². The number of hydrogen-bond acceptors (Lipinski definition) is 4. The van der Waals surface area contributed by atoms with Crippen molar-refractivity contribution in [3.8, 4) is 5.69 Å². The first-order chi connectivity index (χ1) is 9.20. The van der Waals surface area contributed by atoms with Crippen LogP contribution in [0.25, 0.3) is 5.69 Å². The van der Waals surface area contributed by atoms with Crippen molar-refractivity contribution >= 4 is 5.91 Å². The van der Waals surface area contributed by atoms with E-state index in [1.807, 2.05) is 31.2 Å². The van der Waals surface area contributed by atoms with Gasteiger partial charge in [-0.15, -0.1) is 5.10 Å². The molecule has 98 valence electrons. The van der Waals surface area contributed by atoms with Gasteiger partial charge >= 0.3 is 0 Å². The molecule has 0 aliphatic rings. The van der Waals surface area contributed by atoms with Gasteiger partial charge in [0.25, 0.3) is 0 Å². The van der Waals surface area contributed by atoms with Crippen LogP contribution in [0.1, 0.15) is 18.3 Å². The zero-order chi connectivity index (χ0) is 13.7. The molecule has 0 unspecified atom stereocenters. The summed E-state index contributed by atoms with van der Waals surface area (Å²) in [6, 6.07) is 7.84. The lowest BCUT2D eigenvalue weighted by Crippen LogP contribution is -2.22. The number of benzene rings is 1. The zero-order valence-corrected chi connectivity index (χ0v) is 10.9. The van der Waals surface area contributed by atoms with Gasteiger partial charge in [-0.2, -0.15) is 4.68 Å². The Bertz CT molecular complexity index is 585. The van der Waals surface area contributed by atoms with Crippen LogP contribution in [0.4, 0.5) is 0 Å². The number of carbonyl (C=O) groups excluding carboxylic acids is 1. The summed E-state index contributed by atoms with van der Waals surface area (Å²) < 4.78 is 1.61. The Kier molecular flexibility index (Phi) is 4.02. The van der Waals surface area contributed by atoms with Crippen molar-refractivity contribution in [2.45, 2.75) is 20.4 Å². The summed E-state index contributed by atoms with van der Waals surface area (Å²) >= 11 is 0. The fourth-order valence-electron chi connectivity index (χ4n) is 1.58. The minimum Gasteiger partial charge on any atom is -0.345 e.